The van der Waals surface area contributed by atoms with E-state index in [0.717, 1.165) is 11.1 Å². The van der Waals surface area contributed by atoms with Crippen molar-refractivity contribution in [1.29, 1.82) is 0 Å². The summed E-state index contributed by atoms with van der Waals surface area (Å²) in [5.74, 6) is -1.46. The molecule has 2 heterocycles. The van der Waals surface area contributed by atoms with Crippen LogP contribution in [0.3, 0.4) is 0 Å². The van der Waals surface area contributed by atoms with E-state index in [1.165, 1.54) is 6.92 Å². The first-order valence-corrected chi connectivity index (χ1v) is 16.3. The van der Waals surface area contributed by atoms with Gasteiger partial charge in [0.15, 0.2) is 23.7 Å². The monoisotopic (exact) mass is 657 g/mol. The quantitative estimate of drug-likeness (QED) is 0.215. The molecule has 2 aliphatic carbocycles. The average molecular weight is 658 g/mol. The van der Waals surface area contributed by atoms with Crippen LogP contribution in [-0.2, 0) is 40.4 Å². The fourth-order valence-electron chi connectivity index (χ4n) is 7.50. The molecule has 2 aliphatic heterocycles. The highest BCUT2D eigenvalue weighted by molar-refractivity contribution is 5.86. The van der Waals surface area contributed by atoms with Gasteiger partial charge in [-0.1, -0.05) is 19.9 Å². The molecule has 1 spiro atoms. The number of amides is 2. The van der Waals surface area contributed by atoms with Crippen molar-refractivity contribution >= 4 is 23.9 Å². The number of phenols is 1. The maximum Gasteiger partial charge on any atom is 0.408 e. The van der Waals surface area contributed by atoms with Gasteiger partial charge in [-0.15, -0.1) is 0 Å². The Morgan fingerprint density at radius 1 is 1.17 bits per heavy atom. The van der Waals surface area contributed by atoms with Crippen LogP contribution in [0.5, 0.6) is 11.5 Å². The molecule has 0 radical (unpaired) electrons. The van der Waals surface area contributed by atoms with Crippen molar-refractivity contribution in [3.63, 3.8) is 0 Å². The molecule has 4 aliphatic rings. The lowest BCUT2D eigenvalue weighted by Crippen LogP contribution is -2.74. The van der Waals surface area contributed by atoms with Crippen LogP contribution >= 0.6 is 0 Å². The van der Waals surface area contributed by atoms with E-state index in [0.29, 0.717) is 31.6 Å². The van der Waals surface area contributed by atoms with E-state index in [4.69, 9.17) is 18.9 Å². The van der Waals surface area contributed by atoms with Gasteiger partial charge in [-0.3, -0.25) is 9.59 Å². The first-order chi connectivity index (χ1) is 22.0. The van der Waals surface area contributed by atoms with E-state index in [1.54, 1.807) is 32.9 Å². The van der Waals surface area contributed by atoms with Crippen molar-refractivity contribution in [2.24, 2.45) is 5.92 Å². The lowest BCUT2D eigenvalue weighted by molar-refractivity contribution is -0.175. The van der Waals surface area contributed by atoms with Gasteiger partial charge in [0.05, 0.1) is 17.4 Å². The summed E-state index contributed by atoms with van der Waals surface area (Å²) in [5.41, 5.74) is -1.09. The molecule has 5 rings (SSSR count). The Kier molecular flexibility index (Phi) is 9.28. The highest BCUT2D eigenvalue weighted by Crippen LogP contribution is 2.65. The molecule has 47 heavy (non-hydrogen) atoms. The number of benzene rings is 1. The van der Waals surface area contributed by atoms with Gasteiger partial charge in [-0.2, -0.15) is 0 Å². The molecule has 13 nitrogen and oxygen atoms in total. The fourth-order valence-corrected chi connectivity index (χ4v) is 7.50. The number of nitrogens with one attached hydrogen (secondary N) is 2. The van der Waals surface area contributed by atoms with Crippen LogP contribution in [0.4, 0.5) is 4.79 Å². The number of alkyl carbamates (subject to hydrolysis) is 1. The van der Waals surface area contributed by atoms with Crippen LogP contribution < -0.4 is 15.4 Å². The second-order valence-corrected chi connectivity index (χ2v) is 14.5. The zero-order chi connectivity index (χ0) is 34.5. The van der Waals surface area contributed by atoms with E-state index >= 15 is 0 Å². The number of piperidine rings is 1. The molecule has 1 fully saturated rings. The number of nitrogens with zero attached hydrogens (tertiary/aromatic N) is 1. The standard InChI is InChI=1S/C34H47N3O10/c1-18(2)16-21(36-31(42)47-32(4,5)6)29(40)35-14-11-25(39)44-19(3)30(41)45-23-10-12-34(43)24-17-20-8-9-22(38)27-26(20)33(34,28(23)46-27)13-15-37(24)7/h8-10,18-19,21,24,28,38,43H,11-17H2,1-7H3,(H,35,40)(H,36,42)/t19?,21-,24+,28-,33-,34+/m0/s1. The topological polar surface area (TPSA) is 173 Å². The van der Waals surface area contributed by atoms with Gasteiger partial charge < -0.3 is 44.7 Å². The number of hydrogen-bond acceptors (Lipinski definition) is 11. The number of likely N-dealkylation sites (N-methyl/N-ethyl adjacent to an activating group) is 1. The van der Waals surface area contributed by atoms with Gasteiger partial charge in [0, 0.05) is 24.6 Å². The minimum atomic E-state index is -1.27. The first kappa shape index (κ1) is 34.5. The summed E-state index contributed by atoms with van der Waals surface area (Å²) >= 11 is 0. The highest BCUT2D eigenvalue weighted by Gasteiger charge is 2.72. The number of esters is 2. The fraction of sp³-hybridized carbons (Fsp3) is 0.647. The van der Waals surface area contributed by atoms with Crippen LogP contribution in [0.25, 0.3) is 0 Å². The Morgan fingerprint density at radius 3 is 2.57 bits per heavy atom. The first-order valence-electron chi connectivity index (χ1n) is 16.3. The number of carbonyl (C=O) groups excluding carboxylic acids is 4. The zero-order valence-corrected chi connectivity index (χ0v) is 28.2. The molecule has 1 saturated heterocycles. The van der Waals surface area contributed by atoms with Crippen LogP contribution in [0.15, 0.2) is 24.0 Å². The molecule has 0 aromatic heterocycles. The summed E-state index contributed by atoms with van der Waals surface area (Å²) in [6.07, 6.45) is 0.299. The van der Waals surface area contributed by atoms with Crippen LogP contribution in [0.2, 0.25) is 0 Å². The van der Waals surface area contributed by atoms with Crippen LogP contribution in [0, 0.1) is 5.92 Å². The highest BCUT2D eigenvalue weighted by atomic mass is 16.6. The molecule has 6 atom stereocenters. The number of aliphatic hydroxyl groups is 1. The van der Waals surface area contributed by atoms with E-state index in [9.17, 15) is 29.4 Å². The van der Waals surface area contributed by atoms with Crippen molar-refractivity contribution < 1.29 is 48.3 Å². The third-order valence-corrected chi connectivity index (χ3v) is 9.55. The van der Waals surface area contributed by atoms with Gasteiger partial charge in [-0.05, 0) is 84.2 Å². The van der Waals surface area contributed by atoms with Crippen LogP contribution in [0.1, 0.15) is 78.4 Å². The summed E-state index contributed by atoms with van der Waals surface area (Å²) in [6.45, 7) is 11.0. The number of hydrogen-bond donors (Lipinski definition) is 4. The number of phenolic OH excluding ortho intramolecular Hbond substituents is 1. The molecule has 0 saturated carbocycles. The van der Waals surface area contributed by atoms with Gasteiger partial charge in [0.2, 0.25) is 5.91 Å². The van der Waals surface area contributed by atoms with Gasteiger partial charge in [0.1, 0.15) is 17.4 Å². The Balaban J connectivity index is 1.18. The molecule has 4 N–H and O–H groups in total. The van der Waals surface area contributed by atoms with Crippen molar-refractivity contribution in [2.75, 3.05) is 20.1 Å². The molecule has 1 unspecified atom stereocenters. The van der Waals surface area contributed by atoms with Crippen molar-refractivity contribution in [3.8, 4) is 11.5 Å². The third-order valence-electron chi connectivity index (χ3n) is 9.55. The van der Waals surface area contributed by atoms with Gasteiger partial charge >= 0.3 is 18.0 Å². The molecule has 2 amide bonds. The maximum absolute atomic E-state index is 13.2. The van der Waals surface area contributed by atoms with Crippen molar-refractivity contribution in [3.05, 3.63) is 35.1 Å². The Labute approximate surface area is 274 Å². The second-order valence-electron chi connectivity index (χ2n) is 14.5. The number of aromatic hydroxyl groups is 1. The number of ether oxygens (including phenoxy) is 4. The Hall–Kier alpha value is -3.84. The lowest BCUT2D eigenvalue weighted by Gasteiger charge is -2.61. The van der Waals surface area contributed by atoms with Gasteiger partial charge in [0.25, 0.3) is 0 Å². The van der Waals surface area contributed by atoms with Crippen LogP contribution in [-0.4, -0.2) is 94.7 Å². The Bertz CT molecular complexity index is 1470. The average Bonchev–Trinajstić information content (AvgIpc) is 3.32. The smallest absolute Gasteiger partial charge is 0.408 e. The maximum atomic E-state index is 13.2. The minimum Gasteiger partial charge on any atom is -0.504 e. The zero-order valence-electron chi connectivity index (χ0n) is 28.2. The second kappa shape index (κ2) is 12.6. The molecular weight excluding hydrogens is 610 g/mol. The van der Waals surface area contributed by atoms with E-state index in [2.05, 4.69) is 15.5 Å². The molecule has 13 heteroatoms. The predicted molar refractivity (Wildman–Crippen MR) is 168 cm³/mol. The molecule has 258 valence electrons. The molecule has 1 aromatic rings. The molecule has 1 aromatic carbocycles. The summed E-state index contributed by atoms with van der Waals surface area (Å²) in [5, 5.41) is 28.1. The normalized spacial score (nSPS) is 27.0. The summed E-state index contributed by atoms with van der Waals surface area (Å²) in [6, 6.07) is 2.40. The summed E-state index contributed by atoms with van der Waals surface area (Å²) in [4.78, 5) is 53.0. The summed E-state index contributed by atoms with van der Waals surface area (Å²) < 4.78 is 22.7. The SMILES string of the molecule is CC(C)C[C@H](NC(=O)OC(C)(C)C)C(=O)NCCC(=O)OC(C)C(=O)OC1=CC[C@@]2(O)[C@H]3Cc4ccc(O)c5c4[C@@]2(CCN3C)[C@H]1O5. The lowest BCUT2D eigenvalue weighted by atomic mass is 9.50. The summed E-state index contributed by atoms with van der Waals surface area (Å²) in [7, 11) is 1.98. The van der Waals surface area contributed by atoms with E-state index < -0.39 is 58.8 Å². The van der Waals surface area contributed by atoms with E-state index in [-0.39, 0.29) is 42.9 Å². The molecular formula is C34H47N3O10. The Morgan fingerprint density at radius 2 is 1.89 bits per heavy atom. The number of carbonyl (C=O) groups is 4. The van der Waals surface area contributed by atoms with Crippen molar-refractivity contribution in [2.45, 2.75) is 115 Å². The van der Waals surface area contributed by atoms with Gasteiger partial charge in [-0.25, -0.2) is 9.59 Å². The molecule has 2 bridgehead atoms. The van der Waals surface area contributed by atoms with E-state index in [1.807, 2.05) is 27.0 Å². The number of rotatable bonds is 10. The minimum absolute atomic E-state index is 0.0385. The number of likely N-dealkylation sites (tertiary alicyclic amines) is 1. The third kappa shape index (κ3) is 6.39. The predicted octanol–water partition coefficient (Wildman–Crippen LogP) is 2.59. The van der Waals surface area contributed by atoms with Crippen molar-refractivity contribution in [1.82, 2.24) is 15.5 Å². The largest absolute Gasteiger partial charge is 0.504 e.